The molecule has 0 saturated carbocycles. The Kier molecular flexibility index (Phi) is 6.85. The van der Waals surface area contributed by atoms with Crippen molar-refractivity contribution in [2.24, 2.45) is 0 Å². The molecule has 0 aliphatic carbocycles. The number of aromatic nitrogens is 2. The van der Waals surface area contributed by atoms with Crippen LogP contribution in [0.4, 0.5) is 4.39 Å². The first-order valence-electron chi connectivity index (χ1n) is 10.5. The normalized spacial score (nSPS) is 12.6. The van der Waals surface area contributed by atoms with E-state index in [0.29, 0.717) is 29.1 Å². The van der Waals surface area contributed by atoms with Gasteiger partial charge in [0.1, 0.15) is 5.82 Å². The SMILES string of the molecule is CCc1ccc(C(C)C(=O)NCc2cc(C(C)(C)C)nn2-c2cccc(Cl)c2)cc1F. The van der Waals surface area contributed by atoms with Crippen LogP contribution in [-0.4, -0.2) is 15.7 Å². The Balaban J connectivity index is 1.82. The van der Waals surface area contributed by atoms with E-state index in [1.54, 1.807) is 13.0 Å². The summed E-state index contributed by atoms with van der Waals surface area (Å²) in [6, 6.07) is 14.5. The van der Waals surface area contributed by atoms with Crippen LogP contribution in [-0.2, 0) is 23.2 Å². The minimum Gasteiger partial charge on any atom is -0.350 e. The fraction of sp³-hybridized carbons (Fsp3) is 0.360. The second kappa shape index (κ2) is 9.23. The van der Waals surface area contributed by atoms with Crippen molar-refractivity contribution >= 4 is 17.5 Å². The van der Waals surface area contributed by atoms with Gasteiger partial charge in [0, 0.05) is 10.4 Å². The Bertz CT molecular complexity index is 1080. The quantitative estimate of drug-likeness (QED) is 0.514. The highest BCUT2D eigenvalue weighted by molar-refractivity contribution is 6.30. The molecule has 1 amide bonds. The van der Waals surface area contributed by atoms with Gasteiger partial charge in [0.2, 0.25) is 5.91 Å². The van der Waals surface area contributed by atoms with Gasteiger partial charge in [0.25, 0.3) is 0 Å². The highest BCUT2D eigenvalue weighted by Crippen LogP contribution is 2.25. The van der Waals surface area contributed by atoms with Gasteiger partial charge in [-0.1, -0.05) is 57.5 Å². The summed E-state index contributed by atoms with van der Waals surface area (Å²) in [4.78, 5) is 12.8. The van der Waals surface area contributed by atoms with E-state index >= 15 is 0 Å². The van der Waals surface area contributed by atoms with Crippen molar-refractivity contribution in [1.29, 1.82) is 0 Å². The number of aryl methyl sites for hydroxylation is 1. The monoisotopic (exact) mass is 441 g/mol. The number of rotatable bonds is 6. The maximum atomic E-state index is 14.2. The zero-order valence-electron chi connectivity index (χ0n) is 18.7. The van der Waals surface area contributed by atoms with Crippen molar-refractivity contribution in [1.82, 2.24) is 15.1 Å². The number of hydrogen-bond donors (Lipinski definition) is 1. The van der Waals surface area contributed by atoms with E-state index in [1.165, 1.54) is 6.07 Å². The van der Waals surface area contributed by atoms with E-state index < -0.39 is 5.92 Å². The molecule has 164 valence electrons. The molecule has 0 aliphatic heterocycles. The lowest BCUT2D eigenvalue weighted by Crippen LogP contribution is -2.28. The minimum absolute atomic E-state index is 0.144. The summed E-state index contributed by atoms with van der Waals surface area (Å²) in [5.41, 5.74) is 3.76. The van der Waals surface area contributed by atoms with Gasteiger partial charge < -0.3 is 5.32 Å². The largest absolute Gasteiger partial charge is 0.350 e. The molecule has 1 aromatic heterocycles. The number of carbonyl (C=O) groups excluding carboxylic acids is 1. The molecule has 1 N–H and O–H groups in total. The first-order chi connectivity index (χ1) is 14.6. The molecule has 6 heteroatoms. The van der Waals surface area contributed by atoms with E-state index in [-0.39, 0.29) is 17.1 Å². The summed E-state index contributed by atoms with van der Waals surface area (Å²) in [6.07, 6.45) is 0.621. The average molecular weight is 442 g/mol. The average Bonchev–Trinajstić information content (AvgIpc) is 3.16. The first kappa shape index (κ1) is 23.0. The van der Waals surface area contributed by atoms with Gasteiger partial charge in [0.15, 0.2) is 0 Å². The van der Waals surface area contributed by atoms with Crippen molar-refractivity contribution < 1.29 is 9.18 Å². The van der Waals surface area contributed by atoms with Crippen molar-refractivity contribution in [3.05, 3.63) is 81.9 Å². The molecule has 3 rings (SSSR count). The van der Waals surface area contributed by atoms with Gasteiger partial charge in [-0.3, -0.25) is 4.79 Å². The van der Waals surface area contributed by atoms with E-state index in [4.69, 9.17) is 16.7 Å². The van der Waals surface area contributed by atoms with Crippen LogP contribution in [0.3, 0.4) is 0 Å². The molecule has 1 heterocycles. The molecule has 3 aromatic rings. The molecular formula is C25H29ClFN3O. The Labute approximate surface area is 188 Å². The molecule has 1 atom stereocenters. The fourth-order valence-corrected chi connectivity index (χ4v) is 3.53. The molecule has 0 saturated heterocycles. The third-order valence-corrected chi connectivity index (χ3v) is 5.63. The molecule has 0 spiro atoms. The van der Waals surface area contributed by atoms with Crippen LogP contribution in [0.2, 0.25) is 5.02 Å². The number of nitrogens with zero attached hydrogens (tertiary/aromatic N) is 2. The highest BCUT2D eigenvalue weighted by atomic mass is 35.5. The summed E-state index contributed by atoms with van der Waals surface area (Å²) in [6.45, 7) is 10.3. The Morgan fingerprint density at radius 3 is 2.55 bits per heavy atom. The topological polar surface area (TPSA) is 46.9 Å². The van der Waals surface area contributed by atoms with Crippen LogP contribution in [0, 0.1) is 5.82 Å². The smallest absolute Gasteiger partial charge is 0.227 e. The van der Waals surface area contributed by atoms with Crippen molar-refractivity contribution in [2.45, 2.75) is 58.9 Å². The van der Waals surface area contributed by atoms with Crippen molar-refractivity contribution in [3.63, 3.8) is 0 Å². The lowest BCUT2D eigenvalue weighted by atomic mass is 9.92. The molecule has 2 aromatic carbocycles. The second-order valence-electron chi connectivity index (χ2n) is 8.81. The summed E-state index contributed by atoms with van der Waals surface area (Å²) < 4.78 is 16.0. The van der Waals surface area contributed by atoms with Gasteiger partial charge in [-0.25, -0.2) is 9.07 Å². The summed E-state index contributed by atoms with van der Waals surface area (Å²) >= 11 is 6.17. The molecule has 4 nitrogen and oxygen atoms in total. The molecule has 0 aliphatic rings. The first-order valence-corrected chi connectivity index (χ1v) is 10.9. The molecule has 1 unspecified atom stereocenters. The third kappa shape index (κ3) is 5.34. The fourth-order valence-electron chi connectivity index (χ4n) is 3.35. The van der Waals surface area contributed by atoms with Crippen LogP contribution in [0.15, 0.2) is 48.5 Å². The van der Waals surface area contributed by atoms with Crippen LogP contribution in [0.1, 0.15) is 63.1 Å². The lowest BCUT2D eigenvalue weighted by Gasteiger charge is -2.14. The lowest BCUT2D eigenvalue weighted by molar-refractivity contribution is -0.122. The number of amides is 1. The van der Waals surface area contributed by atoms with Crippen LogP contribution in [0.25, 0.3) is 5.69 Å². The predicted molar refractivity (Wildman–Crippen MR) is 123 cm³/mol. The Morgan fingerprint density at radius 2 is 1.94 bits per heavy atom. The summed E-state index contributed by atoms with van der Waals surface area (Å²) in [5, 5.41) is 8.36. The molecular weight excluding hydrogens is 413 g/mol. The van der Waals surface area contributed by atoms with Crippen molar-refractivity contribution in [2.75, 3.05) is 0 Å². The van der Waals surface area contributed by atoms with Crippen molar-refractivity contribution in [3.8, 4) is 5.69 Å². The Morgan fingerprint density at radius 1 is 1.19 bits per heavy atom. The molecule has 0 fully saturated rings. The number of hydrogen-bond acceptors (Lipinski definition) is 2. The van der Waals surface area contributed by atoms with Gasteiger partial charge in [-0.15, -0.1) is 0 Å². The van der Waals surface area contributed by atoms with Gasteiger partial charge in [0.05, 0.1) is 29.5 Å². The van der Waals surface area contributed by atoms with E-state index in [0.717, 1.165) is 17.1 Å². The number of halogens is 2. The number of carbonyl (C=O) groups is 1. The van der Waals surface area contributed by atoms with Gasteiger partial charge in [-0.05, 0) is 54.8 Å². The van der Waals surface area contributed by atoms with E-state index in [1.807, 2.05) is 48.0 Å². The molecule has 0 bridgehead atoms. The maximum Gasteiger partial charge on any atom is 0.227 e. The second-order valence-corrected chi connectivity index (χ2v) is 9.24. The van der Waals surface area contributed by atoms with Gasteiger partial charge >= 0.3 is 0 Å². The van der Waals surface area contributed by atoms with E-state index in [2.05, 4.69) is 26.1 Å². The molecule has 31 heavy (non-hydrogen) atoms. The number of benzene rings is 2. The van der Waals surface area contributed by atoms with Crippen LogP contribution in [0.5, 0.6) is 0 Å². The zero-order valence-corrected chi connectivity index (χ0v) is 19.4. The zero-order chi connectivity index (χ0) is 22.8. The molecule has 0 radical (unpaired) electrons. The highest BCUT2D eigenvalue weighted by Gasteiger charge is 2.22. The van der Waals surface area contributed by atoms with Gasteiger partial charge in [-0.2, -0.15) is 5.10 Å². The number of nitrogens with one attached hydrogen (secondary N) is 1. The summed E-state index contributed by atoms with van der Waals surface area (Å²) in [7, 11) is 0. The standard InChI is InChI=1S/C25H29ClFN3O/c1-6-17-10-11-18(12-22(17)27)16(2)24(31)28-15-21-14-23(25(3,4)5)29-30(21)20-9-7-8-19(26)13-20/h7-14,16H,6,15H2,1-5H3,(H,28,31). The summed E-state index contributed by atoms with van der Waals surface area (Å²) in [5.74, 6) is -0.904. The van der Waals surface area contributed by atoms with Crippen LogP contribution < -0.4 is 5.32 Å². The minimum atomic E-state index is -0.468. The Hall–Kier alpha value is -2.66. The van der Waals surface area contributed by atoms with E-state index in [9.17, 15) is 9.18 Å². The third-order valence-electron chi connectivity index (χ3n) is 5.40. The van der Waals surface area contributed by atoms with Crippen LogP contribution >= 0.6 is 11.6 Å². The maximum absolute atomic E-state index is 14.2. The predicted octanol–water partition coefficient (Wildman–Crippen LogP) is 5.94.